The number of rotatable bonds is 6. The van der Waals surface area contributed by atoms with E-state index in [1.54, 1.807) is 49.7 Å². The number of carbonyl (C=O) groups excluding carboxylic acids is 1. The fraction of sp³-hybridized carbons (Fsp3) is 0.0909. The van der Waals surface area contributed by atoms with Crippen LogP contribution in [0.4, 0.5) is 0 Å². The molecule has 0 spiro atoms. The number of H-pyrrole nitrogens is 1. The number of halogens is 1. The first-order valence-electron chi connectivity index (χ1n) is 9.49. The van der Waals surface area contributed by atoms with E-state index in [1.165, 1.54) is 12.4 Å². The normalized spacial score (nSPS) is 11.6. The van der Waals surface area contributed by atoms with Gasteiger partial charge in [0, 0.05) is 18.6 Å². The van der Waals surface area contributed by atoms with Crippen LogP contribution in [0.15, 0.2) is 71.9 Å². The molecule has 1 atom stereocenters. The topological polar surface area (TPSA) is 123 Å². The van der Waals surface area contributed by atoms with Gasteiger partial charge in [0.1, 0.15) is 22.2 Å². The first kappa shape index (κ1) is 21.1. The van der Waals surface area contributed by atoms with Gasteiger partial charge < -0.3 is 15.0 Å². The van der Waals surface area contributed by atoms with E-state index in [9.17, 15) is 9.59 Å². The van der Waals surface area contributed by atoms with E-state index in [0.29, 0.717) is 22.2 Å². The van der Waals surface area contributed by atoms with Gasteiger partial charge in [-0.1, -0.05) is 29.8 Å². The summed E-state index contributed by atoms with van der Waals surface area (Å²) in [5.41, 5.74) is 1.11. The summed E-state index contributed by atoms with van der Waals surface area (Å²) in [6, 6.07) is 13.3. The minimum atomic E-state index is -0.597. The number of pyridine rings is 1. The molecule has 4 rings (SSSR count). The molecule has 1 unspecified atom stereocenters. The summed E-state index contributed by atoms with van der Waals surface area (Å²) in [6.07, 6.45) is 4.29. The number of amides is 1. The largest absolute Gasteiger partial charge is 0.497 e. The van der Waals surface area contributed by atoms with Crippen LogP contribution in [0.1, 0.15) is 27.5 Å². The van der Waals surface area contributed by atoms with E-state index in [4.69, 9.17) is 16.3 Å². The monoisotopic (exact) mass is 448 g/mol. The first-order valence-corrected chi connectivity index (χ1v) is 9.86. The predicted octanol–water partition coefficient (Wildman–Crippen LogP) is 2.80. The molecule has 9 nitrogen and oxygen atoms in total. The minimum Gasteiger partial charge on any atom is -0.497 e. The maximum Gasteiger partial charge on any atom is 0.264 e. The molecule has 0 aliphatic heterocycles. The zero-order valence-electron chi connectivity index (χ0n) is 16.8. The Labute approximate surface area is 187 Å². The Morgan fingerprint density at radius 1 is 1.06 bits per heavy atom. The lowest BCUT2D eigenvalue weighted by Crippen LogP contribution is -2.33. The summed E-state index contributed by atoms with van der Waals surface area (Å²) in [4.78, 5) is 36.4. The molecular formula is C22H17ClN6O3. The van der Waals surface area contributed by atoms with Crippen molar-refractivity contribution in [2.45, 2.75) is 6.04 Å². The van der Waals surface area contributed by atoms with Crippen molar-refractivity contribution in [1.29, 1.82) is 0 Å². The highest BCUT2D eigenvalue weighted by atomic mass is 35.5. The van der Waals surface area contributed by atoms with Crippen molar-refractivity contribution in [3.63, 3.8) is 0 Å². The van der Waals surface area contributed by atoms with Crippen LogP contribution in [-0.2, 0) is 0 Å². The van der Waals surface area contributed by atoms with Gasteiger partial charge >= 0.3 is 0 Å². The molecule has 0 aliphatic carbocycles. The van der Waals surface area contributed by atoms with E-state index < -0.39 is 17.5 Å². The fourth-order valence-electron chi connectivity index (χ4n) is 3.04. The molecule has 3 heterocycles. The lowest BCUT2D eigenvalue weighted by Gasteiger charge is -2.20. The highest BCUT2D eigenvalue weighted by molar-refractivity contribution is 6.29. The third kappa shape index (κ3) is 4.62. The summed E-state index contributed by atoms with van der Waals surface area (Å²) >= 11 is 5.91. The van der Waals surface area contributed by atoms with Crippen LogP contribution in [0.25, 0.3) is 11.5 Å². The Hall–Kier alpha value is -4.11. The molecule has 0 bridgehead atoms. The molecule has 0 aliphatic rings. The van der Waals surface area contributed by atoms with Gasteiger partial charge in [-0.2, -0.15) is 5.10 Å². The summed E-state index contributed by atoms with van der Waals surface area (Å²) in [5.74, 6) is 0.293. The number of nitrogens with one attached hydrogen (secondary N) is 2. The molecule has 0 fully saturated rings. The SMILES string of the molecule is COc1ccc(C(NC(=O)c2cnc(-c3cccnn3)[nH]c2=O)c2ccc(Cl)nc2)cc1. The van der Waals surface area contributed by atoms with Crippen LogP contribution in [0, 0.1) is 0 Å². The number of benzene rings is 1. The third-order valence-electron chi connectivity index (χ3n) is 4.67. The summed E-state index contributed by atoms with van der Waals surface area (Å²) in [5, 5.41) is 10.9. The second-order valence-electron chi connectivity index (χ2n) is 6.68. The molecule has 0 saturated carbocycles. The Morgan fingerprint density at radius 3 is 2.47 bits per heavy atom. The van der Waals surface area contributed by atoms with Gasteiger partial charge in [0.05, 0.1) is 13.2 Å². The maximum absolute atomic E-state index is 13.0. The van der Waals surface area contributed by atoms with Gasteiger partial charge in [0.15, 0.2) is 5.82 Å². The van der Waals surface area contributed by atoms with E-state index in [0.717, 1.165) is 5.56 Å². The van der Waals surface area contributed by atoms with Gasteiger partial charge in [-0.05, 0) is 41.5 Å². The number of nitrogens with zero attached hydrogens (tertiary/aromatic N) is 4. The molecule has 1 aromatic carbocycles. The third-order valence-corrected chi connectivity index (χ3v) is 4.89. The van der Waals surface area contributed by atoms with Gasteiger partial charge in [0.2, 0.25) is 0 Å². The molecule has 0 radical (unpaired) electrons. The quantitative estimate of drug-likeness (QED) is 0.435. The molecule has 160 valence electrons. The summed E-state index contributed by atoms with van der Waals surface area (Å²) < 4.78 is 5.20. The maximum atomic E-state index is 13.0. The minimum absolute atomic E-state index is 0.141. The Kier molecular flexibility index (Phi) is 6.18. The van der Waals surface area contributed by atoms with E-state index in [2.05, 4.69) is 30.5 Å². The van der Waals surface area contributed by atoms with Crippen LogP contribution in [0.3, 0.4) is 0 Å². The van der Waals surface area contributed by atoms with E-state index in [1.807, 2.05) is 12.1 Å². The van der Waals surface area contributed by atoms with Gasteiger partial charge in [-0.3, -0.25) is 9.59 Å². The number of hydrogen-bond donors (Lipinski definition) is 2. The molecule has 3 aromatic heterocycles. The molecule has 32 heavy (non-hydrogen) atoms. The molecule has 10 heteroatoms. The average Bonchev–Trinajstić information content (AvgIpc) is 2.83. The second kappa shape index (κ2) is 9.36. The molecule has 0 saturated heterocycles. The van der Waals surface area contributed by atoms with Crippen molar-refractivity contribution >= 4 is 17.5 Å². The number of aromatic nitrogens is 5. The number of methoxy groups -OCH3 is 1. The number of carbonyl (C=O) groups is 1. The number of hydrogen-bond acceptors (Lipinski definition) is 7. The van der Waals surface area contributed by atoms with Crippen LogP contribution < -0.4 is 15.6 Å². The smallest absolute Gasteiger partial charge is 0.264 e. The highest BCUT2D eigenvalue weighted by Crippen LogP contribution is 2.25. The first-order chi connectivity index (χ1) is 15.5. The van der Waals surface area contributed by atoms with E-state index >= 15 is 0 Å². The van der Waals surface area contributed by atoms with Crippen LogP contribution in [0.2, 0.25) is 5.15 Å². The Bertz CT molecular complexity index is 1280. The molecule has 4 aromatic rings. The highest BCUT2D eigenvalue weighted by Gasteiger charge is 2.21. The lowest BCUT2D eigenvalue weighted by molar-refractivity contribution is 0.0941. The van der Waals surface area contributed by atoms with E-state index in [-0.39, 0.29) is 11.4 Å². The van der Waals surface area contributed by atoms with Crippen molar-refractivity contribution in [3.05, 3.63) is 99.3 Å². The van der Waals surface area contributed by atoms with Crippen molar-refractivity contribution in [2.75, 3.05) is 7.11 Å². The standard InChI is InChI=1S/C22H17ClN6O3/c1-32-15-7-4-13(5-8-15)19(14-6-9-18(23)24-11-14)27-21(30)16-12-25-20(28-22(16)31)17-3-2-10-26-29-17/h2-12,19H,1H3,(H,27,30)(H,25,28,31). The van der Waals surface area contributed by atoms with Crippen molar-refractivity contribution in [1.82, 2.24) is 30.5 Å². The van der Waals surface area contributed by atoms with Gasteiger partial charge in [-0.15, -0.1) is 5.10 Å². The fourth-order valence-corrected chi connectivity index (χ4v) is 3.15. The molecule has 1 amide bonds. The van der Waals surface area contributed by atoms with Crippen LogP contribution in [0.5, 0.6) is 5.75 Å². The van der Waals surface area contributed by atoms with Crippen LogP contribution >= 0.6 is 11.6 Å². The zero-order chi connectivity index (χ0) is 22.5. The predicted molar refractivity (Wildman–Crippen MR) is 117 cm³/mol. The number of aromatic amines is 1. The average molecular weight is 449 g/mol. The van der Waals surface area contributed by atoms with Crippen molar-refractivity contribution < 1.29 is 9.53 Å². The van der Waals surface area contributed by atoms with Crippen molar-refractivity contribution in [2.24, 2.45) is 0 Å². The molecular weight excluding hydrogens is 432 g/mol. The second-order valence-corrected chi connectivity index (χ2v) is 7.06. The van der Waals surface area contributed by atoms with Crippen molar-refractivity contribution in [3.8, 4) is 17.3 Å². The van der Waals surface area contributed by atoms with Gasteiger partial charge in [0.25, 0.3) is 11.5 Å². The summed E-state index contributed by atoms with van der Waals surface area (Å²) in [7, 11) is 1.57. The number of ether oxygens (including phenoxy) is 1. The lowest BCUT2D eigenvalue weighted by atomic mass is 9.99. The van der Waals surface area contributed by atoms with Gasteiger partial charge in [-0.25, -0.2) is 9.97 Å². The zero-order valence-corrected chi connectivity index (χ0v) is 17.6. The summed E-state index contributed by atoms with van der Waals surface area (Å²) in [6.45, 7) is 0. The molecule has 2 N–H and O–H groups in total. The van der Waals surface area contributed by atoms with Crippen LogP contribution in [-0.4, -0.2) is 38.2 Å². The Morgan fingerprint density at radius 2 is 1.84 bits per heavy atom. The Balaban J connectivity index is 1.65.